The van der Waals surface area contributed by atoms with E-state index < -0.39 is 12.1 Å². The average Bonchev–Trinajstić information content (AvgIpc) is 3.26. The highest BCUT2D eigenvalue weighted by Crippen LogP contribution is 2.34. The lowest BCUT2D eigenvalue weighted by Gasteiger charge is -2.46. The number of hydrogen-bond donors (Lipinski definition) is 2. The smallest absolute Gasteiger partial charge is 0.407 e. The number of benzene rings is 1. The van der Waals surface area contributed by atoms with E-state index in [9.17, 15) is 14.7 Å². The third-order valence-electron chi connectivity index (χ3n) is 6.05. The number of carbonyl (C=O) groups is 2. The minimum Gasteiger partial charge on any atom is -0.465 e. The number of piperazine rings is 1. The number of rotatable bonds is 5. The van der Waals surface area contributed by atoms with E-state index in [0.29, 0.717) is 36.7 Å². The Hall–Kier alpha value is -3.75. The van der Waals surface area contributed by atoms with Gasteiger partial charge < -0.3 is 29.4 Å². The molecule has 9 heteroatoms. The lowest BCUT2D eigenvalue weighted by atomic mass is 9.84. The summed E-state index contributed by atoms with van der Waals surface area (Å²) in [4.78, 5) is 35.4. The van der Waals surface area contributed by atoms with Crippen molar-refractivity contribution in [2.45, 2.75) is 33.7 Å². The summed E-state index contributed by atoms with van der Waals surface area (Å²) in [5, 5.41) is 10.6. The fourth-order valence-corrected chi connectivity index (χ4v) is 4.26. The number of nitrogens with zero attached hydrogens (tertiary/aromatic N) is 3. The van der Waals surface area contributed by atoms with Crippen LogP contribution < -0.4 is 9.64 Å². The van der Waals surface area contributed by atoms with Crippen LogP contribution in [-0.2, 0) is 4.74 Å². The quantitative estimate of drug-likeness (QED) is 0.523. The molecule has 1 amide bonds. The number of aromatic nitrogens is 2. The molecule has 2 aromatic heterocycles. The largest absolute Gasteiger partial charge is 0.465 e. The van der Waals surface area contributed by atoms with Gasteiger partial charge in [0.2, 0.25) is 0 Å². The number of fused-ring (bicyclic) bond motifs is 1. The molecule has 4 rings (SSSR count). The molecule has 0 saturated carbocycles. The molecule has 1 fully saturated rings. The Labute approximate surface area is 198 Å². The van der Waals surface area contributed by atoms with Crippen LogP contribution in [-0.4, -0.2) is 64.3 Å². The van der Waals surface area contributed by atoms with E-state index >= 15 is 0 Å². The second kappa shape index (κ2) is 9.24. The van der Waals surface area contributed by atoms with Gasteiger partial charge in [-0.25, -0.2) is 14.6 Å². The normalized spacial score (nSPS) is 16.5. The highest BCUT2D eigenvalue weighted by molar-refractivity contribution is 5.93. The molecule has 1 aliphatic rings. The number of ether oxygens (including phenoxy) is 2. The van der Waals surface area contributed by atoms with E-state index in [1.54, 1.807) is 25.4 Å². The van der Waals surface area contributed by atoms with E-state index in [1.807, 2.05) is 45.0 Å². The fraction of sp³-hybridized carbons (Fsp3) is 0.400. The minimum atomic E-state index is -0.908. The molecular weight excluding hydrogens is 436 g/mol. The van der Waals surface area contributed by atoms with Crippen molar-refractivity contribution in [3.63, 3.8) is 0 Å². The monoisotopic (exact) mass is 466 g/mol. The van der Waals surface area contributed by atoms with Crippen LogP contribution in [0.2, 0.25) is 0 Å². The van der Waals surface area contributed by atoms with Gasteiger partial charge in [-0.2, -0.15) is 0 Å². The molecule has 34 heavy (non-hydrogen) atoms. The first-order valence-corrected chi connectivity index (χ1v) is 11.3. The van der Waals surface area contributed by atoms with Gasteiger partial charge in [0.1, 0.15) is 22.7 Å². The van der Waals surface area contributed by atoms with Crippen molar-refractivity contribution in [3.8, 4) is 11.5 Å². The highest BCUT2D eigenvalue weighted by atomic mass is 16.5. The fourth-order valence-electron chi connectivity index (χ4n) is 4.26. The van der Waals surface area contributed by atoms with E-state index in [1.165, 1.54) is 4.90 Å². The number of aromatic amines is 1. The minimum absolute atomic E-state index is 0.187. The zero-order valence-electron chi connectivity index (χ0n) is 19.9. The van der Waals surface area contributed by atoms with Gasteiger partial charge in [0, 0.05) is 43.0 Å². The summed E-state index contributed by atoms with van der Waals surface area (Å²) >= 11 is 0. The van der Waals surface area contributed by atoms with Crippen molar-refractivity contribution in [2.75, 3.05) is 31.1 Å². The first-order chi connectivity index (χ1) is 16.2. The molecule has 9 nitrogen and oxygen atoms in total. The summed E-state index contributed by atoms with van der Waals surface area (Å²) in [5.41, 5.74) is 1.67. The number of H-pyrrole nitrogens is 1. The number of nitrogens with one attached hydrogen (secondary N) is 1. The highest BCUT2D eigenvalue weighted by Gasteiger charge is 2.38. The summed E-state index contributed by atoms with van der Waals surface area (Å²) in [7, 11) is 0. The van der Waals surface area contributed by atoms with E-state index in [2.05, 4.69) is 14.9 Å². The van der Waals surface area contributed by atoms with Crippen LogP contribution >= 0.6 is 0 Å². The molecule has 1 aromatic carbocycles. The predicted molar refractivity (Wildman–Crippen MR) is 129 cm³/mol. The number of carboxylic acid groups (broad SMARTS) is 1. The van der Waals surface area contributed by atoms with E-state index in [4.69, 9.17) is 9.47 Å². The Morgan fingerprint density at radius 2 is 2.00 bits per heavy atom. The maximum Gasteiger partial charge on any atom is 0.407 e. The Bertz CT molecular complexity index is 1200. The molecule has 180 valence electrons. The van der Waals surface area contributed by atoms with Gasteiger partial charge in [-0.15, -0.1) is 0 Å². The number of pyridine rings is 1. The van der Waals surface area contributed by atoms with Gasteiger partial charge in [0.05, 0.1) is 18.8 Å². The molecule has 1 atom stereocenters. The van der Waals surface area contributed by atoms with Crippen LogP contribution in [0.15, 0.2) is 42.7 Å². The van der Waals surface area contributed by atoms with Crippen LogP contribution in [0, 0.1) is 5.41 Å². The molecule has 1 saturated heterocycles. The number of hydrogen-bond acceptors (Lipinski definition) is 6. The molecule has 0 spiro atoms. The lowest BCUT2D eigenvalue weighted by Crippen LogP contribution is -2.59. The SMILES string of the molecule is CCOC(=O)c1ccc(N2CCN(C(=O)O)C(C(C)(C)C)C2)cc1Oc1cnc2[nH]ccc2c1. The van der Waals surface area contributed by atoms with Crippen LogP contribution in [0.4, 0.5) is 10.5 Å². The molecule has 0 radical (unpaired) electrons. The number of anilines is 1. The zero-order chi connectivity index (χ0) is 24.5. The van der Waals surface area contributed by atoms with Gasteiger partial charge in [-0.3, -0.25) is 0 Å². The zero-order valence-corrected chi connectivity index (χ0v) is 19.9. The van der Waals surface area contributed by atoms with E-state index in [0.717, 1.165) is 16.7 Å². The maximum atomic E-state index is 12.6. The molecule has 3 aromatic rings. The topological polar surface area (TPSA) is 108 Å². The van der Waals surface area contributed by atoms with Crippen LogP contribution in [0.3, 0.4) is 0 Å². The predicted octanol–water partition coefficient (Wildman–Crippen LogP) is 4.75. The molecular formula is C25H30N4O5. The average molecular weight is 467 g/mol. The van der Waals surface area contributed by atoms with Crippen molar-refractivity contribution < 1.29 is 24.2 Å². The van der Waals surface area contributed by atoms with Crippen molar-refractivity contribution in [2.24, 2.45) is 5.41 Å². The second-order valence-corrected chi connectivity index (χ2v) is 9.39. The standard InChI is InChI=1S/C25H30N4O5/c1-5-33-23(30)19-7-6-17(28-10-11-29(24(31)32)21(15-28)25(2,3)4)13-20(19)34-18-12-16-8-9-26-22(16)27-14-18/h6-9,12-14,21H,5,10-11,15H2,1-4H3,(H,26,27)(H,31,32). The summed E-state index contributed by atoms with van der Waals surface area (Å²) in [5.74, 6) is 0.390. The first kappa shape index (κ1) is 23.4. The van der Waals surface area contributed by atoms with Crippen molar-refractivity contribution in [1.82, 2.24) is 14.9 Å². The number of carbonyl (C=O) groups excluding carboxylic acids is 1. The summed E-state index contributed by atoms with van der Waals surface area (Å²) in [6.07, 6.45) is 2.49. The summed E-state index contributed by atoms with van der Waals surface area (Å²) in [6, 6.07) is 8.91. The molecule has 1 unspecified atom stereocenters. The van der Waals surface area contributed by atoms with Gasteiger partial charge in [0.25, 0.3) is 0 Å². The summed E-state index contributed by atoms with van der Waals surface area (Å²) in [6.45, 7) is 9.59. The third kappa shape index (κ3) is 4.78. The van der Waals surface area contributed by atoms with E-state index in [-0.39, 0.29) is 18.1 Å². The van der Waals surface area contributed by atoms with Crippen LogP contribution in [0.25, 0.3) is 11.0 Å². The molecule has 0 bridgehead atoms. The maximum absolute atomic E-state index is 12.6. The van der Waals surface area contributed by atoms with Crippen molar-refractivity contribution in [1.29, 1.82) is 0 Å². The molecule has 1 aliphatic heterocycles. The Morgan fingerprint density at radius 3 is 2.71 bits per heavy atom. The number of amides is 1. The van der Waals surface area contributed by atoms with Crippen molar-refractivity contribution >= 4 is 28.8 Å². The van der Waals surface area contributed by atoms with Gasteiger partial charge >= 0.3 is 12.1 Å². The van der Waals surface area contributed by atoms with Crippen molar-refractivity contribution in [3.05, 3.63) is 48.3 Å². The third-order valence-corrected chi connectivity index (χ3v) is 6.05. The Balaban J connectivity index is 1.67. The molecule has 3 heterocycles. The van der Waals surface area contributed by atoms with Gasteiger partial charge in [-0.05, 0) is 36.6 Å². The number of esters is 1. The Kier molecular flexibility index (Phi) is 6.37. The second-order valence-electron chi connectivity index (χ2n) is 9.39. The van der Waals surface area contributed by atoms with Gasteiger partial charge in [-0.1, -0.05) is 20.8 Å². The molecule has 0 aliphatic carbocycles. The Morgan fingerprint density at radius 1 is 1.21 bits per heavy atom. The summed E-state index contributed by atoms with van der Waals surface area (Å²) < 4.78 is 11.4. The first-order valence-electron chi connectivity index (χ1n) is 11.3. The van der Waals surface area contributed by atoms with Crippen LogP contribution in [0.5, 0.6) is 11.5 Å². The molecule has 2 N–H and O–H groups in total. The lowest BCUT2D eigenvalue weighted by molar-refractivity contribution is 0.0523. The van der Waals surface area contributed by atoms with Crippen LogP contribution in [0.1, 0.15) is 38.1 Å². The van der Waals surface area contributed by atoms with Gasteiger partial charge in [0.15, 0.2) is 0 Å².